The molecule has 9 heteroatoms. The number of nitrogens with zero attached hydrogens (tertiary/aromatic N) is 5. The van der Waals surface area contributed by atoms with Crippen molar-refractivity contribution in [2.24, 2.45) is 4.99 Å². The van der Waals surface area contributed by atoms with E-state index in [0.29, 0.717) is 6.54 Å². The standard InChI is InChI=1S/C19H31N7O.HI/c1-2-20-19(21-9-3-4-10-25-15-23-24-16-25)22-14-17(18-8-7-13-27-18)26-11-5-6-12-26;/h7-8,13,15-17H,2-6,9-12,14H2,1H3,(H2,20,21,22);1H. The molecule has 0 aromatic carbocycles. The van der Waals surface area contributed by atoms with Crippen molar-refractivity contribution in [3.8, 4) is 0 Å². The molecule has 1 fully saturated rings. The molecule has 1 aliphatic heterocycles. The highest BCUT2D eigenvalue weighted by Crippen LogP contribution is 2.25. The molecule has 28 heavy (non-hydrogen) atoms. The van der Waals surface area contributed by atoms with Crippen LogP contribution in [-0.4, -0.2) is 58.3 Å². The maximum Gasteiger partial charge on any atom is 0.191 e. The predicted octanol–water partition coefficient (Wildman–Crippen LogP) is 2.66. The van der Waals surface area contributed by atoms with E-state index in [1.54, 1.807) is 18.9 Å². The van der Waals surface area contributed by atoms with Crippen molar-refractivity contribution in [2.45, 2.75) is 45.2 Å². The van der Waals surface area contributed by atoms with Crippen LogP contribution in [0.3, 0.4) is 0 Å². The molecule has 1 aliphatic rings. The molecule has 8 nitrogen and oxygen atoms in total. The van der Waals surface area contributed by atoms with Crippen LogP contribution in [-0.2, 0) is 6.54 Å². The quantitative estimate of drug-likeness (QED) is 0.226. The average molecular weight is 501 g/mol. The summed E-state index contributed by atoms with van der Waals surface area (Å²) in [5.74, 6) is 1.88. The number of guanidine groups is 1. The van der Waals surface area contributed by atoms with Crippen molar-refractivity contribution in [1.82, 2.24) is 30.3 Å². The molecular weight excluding hydrogens is 469 g/mol. The van der Waals surface area contributed by atoms with Crippen LogP contribution in [0, 0.1) is 0 Å². The van der Waals surface area contributed by atoms with Gasteiger partial charge in [-0.15, -0.1) is 34.2 Å². The lowest BCUT2D eigenvalue weighted by Crippen LogP contribution is -2.38. The van der Waals surface area contributed by atoms with Crippen LogP contribution in [0.2, 0.25) is 0 Å². The average Bonchev–Trinajstić information content (AvgIpc) is 3.44. The van der Waals surface area contributed by atoms with E-state index in [4.69, 9.17) is 9.41 Å². The van der Waals surface area contributed by atoms with Gasteiger partial charge >= 0.3 is 0 Å². The van der Waals surface area contributed by atoms with E-state index in [2.05, 4.69) is 38.7 Å². The smallest absolute Gasteiger partial charge is 0.191 e. The molecule has 1 atom stereocenters. The molecule has 156 valence electrons. The van der Waals surface area contributed by atoms with Gasteiger partial charge in [0.25, 0.3) is 0 Å². The van der Waals surface area contributed by atoms with Gasteiger partial charge in [-0.25, -0.2) is 0 Å². The van der Waals surface area contributed by atoms with Gasteiger partial charge in [-0.3, -0.25) is 9.89 Å². The monoisotopic (exact) mass is 501 g/mol. The van der Waals surface area contributed by atoms with Crippen molar-refractivity contribution in [1.29, 1.82) is 0 Å². The van der Waals surface area contributed by atoms with Crippen molar-refractivity contribution in [2.75, 3.05) is 32.7 Å². The molecule has 0 radical (unpaired) electrons. The van der Waals surface area contributed by atoms with Gasteiger partial charge in [0.1, 0.15) is 18.4 Å². The number of rotatable bonds is 10. The van der Waals surface area contributed by atoms with Crippen LogP contribution in [0.1, 0.15) is 44.4 Å². The second-order valence-electron chi connectivity index (χ2n) is 6.83. The minimum absolute atomic E-state index is 0. The second-order valence-corrected chi connectivity index (χ2v) is 6.83. The van der Waals surface area contributed by atoms with Gasteiger partial charge in [-0.2, -0.15) is 0 Å². The van der Waals surface area contributed by atoms with E-state index in [9.17, 15) is 0 Å². The van der Waals surface area contributed by atoms with E-state index in [1.165, 1.54) is 12.8 Å². The van der Waals surface area contributed by atoms with Gasteiger partial charge in [-0.05, 0) is 57.8 Å². The van der Waals surface area contributed by atoms with Crippen molar-refractivity contribution < 1.29 is 4.42 Å². The lowest BCUT2D eigenvalue weighted by molar-refractivity contribution is 0.221. The number of nitrogens with one attached hydrogen (secondary N) is 2. The third-order valence-corrected chi connectivity index (χ3v) is 4.82. The summed E-state index contributed by atoms with van der Waals surface area (Å²) in [7, 11) is 0. The number of unbranched alkanes of at least 4 members (excludes halogenated alkanes) is 1. The largest absolute Gasteiger partial charge is 0.468 e. The van der Waals surface area contributed by atoms with Crippen molar-refractivity contribution >= 4 is 29.9 Å². The molecule has 0 amide bonds. The number of furan rings is 1. The summed E-state index contributed by atoms with van der Waals surface area (Å²) in [6.07, 6.45) is 9.92. The zero-order valence-corrected chi connectivity index (χ0v) is 18.9. The van der Waals surface area contributed by atoms with E-state index in [-0.39, 0.29) is 30.0 Å². The molecule has 2 aromatic rings. The van der Waals surface area contributed by atoms with E-state index in [1.807, 2.05) is 10.6 Å². The van der Waals surface area contributed by atoms with Crippen LogP contribution in [0.15, 0.2) is 40.5 Å². The summed E-state index contributed by atoms with van der Waals surface area (Å²) in [6.45, 7) is 7.71. The maximum absolute atomic E-state index is 5.68. The Balaban J connectivity index is 0.00000280. The van der Waals surface area contributed by atoms with Crippen LogP contribution < -0.4 is 10.6 Å². The van der Waals surface area contributed by atoms with Gasteiger partial charge < -0.3 is 19.6 Å². The second kappa shape index (κ2) is 12.8. The number of halogens is 1. The number of hydrogen-bond donors (Lipinski definition) is 2. The Morgan fingerprint density at radius 1 is 1.21 bits per heavy atom. The third-order valence-electron chi connectivity index (χ3n) is 4.82. The SMILES string of the molecule is CCNC(=NCC(c1ccco1)N1CCCC1)NCCCCn1cnnc1.I. The number of likely N-dealkylation sites (tertiary alicyclic amines) is 1. The summed E-state index contributed by atoms with van der Waals surface area (Å²) >= 11 is 0. The van der Waals surface area contributed by atoms with Gasteiger partial charge in [0, 0.05) is 19.6 Å². The Bertz CT molecular complexity index is 654. The fourth-order valence-corrected chi connectivity index (χ4v) is 3.40. The summed E-state index contributed by atoms with van der Waals surface area (Å²) in [5, 5.41) is 14.4. The van der Waals surface area contributed by atoms with E-state index in [0.717, 1.165) is 57.3 Å². The van der Waals surface area contributed by atoms with Gasteiger partial charge in [-0.1, -0.05) is 0 Å². The zero-order chi connectivity index (χ0) is 18.7. The van der Waals surface area contributed by atoms with E-state index >= 15 is 0 Å². The normalized spacial score (nSPS) is 16.0. The summed E-state index contributed by atoms with van der Waals surface area (Å²) in [6, 6.07) is 4.23. The van der Waals surface area contributed by atoms with Gasteiger partial charge in [0.2, 0.25) is 0 Å². The predicted molar refractivity (Wildman–Crippen MR) is 121 cm³/mol. The molecule has 0 aliphatic carbocycles. The topological polar surface area (TPSA) is 83.5 Å². The molecule has 3 rings (SSSR count). The first-order valence-corrected chi connectivity index (χ1v) is 9.99. The lowest BCUT2D eigenvalue weighted by Gasteiger charge is -2.24. The van der Waals surface area contributed by atoms with Crippen LogP contribution >= 0.6 is 24.0 Å². The Morgan fingerprint density at radius 3 is 2.68 bits per heavy atom. The first-order chi connectivity index (χ1) is 13.4. The Hall–Kier alpha value is -1.62. The highest BCUT2D eigenvalue weighted by Gasteiger charge is 2.25. The number of aryl methyl sites for hydroxylation is 1. The molecule has 2 N–H and O–H groups in total. The molecular formula is C19H32IN7O. The Morgan fingerprint density at radius 2 is 2.00 bits per heavy atom. The third kappa shape index (κ3) is 7.08. The molecule has 1 unspecified atom stereocenters. The Kier molecular flexibility index (Phi) is 10.3. The van der Waals surface area contributed by atoms with Crippen molar-refractivity contribution in [3.63, 3.8) is 0 Å². The minimum atomic E-state index is 0. The number of aromatic nitrogens is 3. The van der Waals surface area contributed by atoms with Gasteiger partial charge in [0.05, 0.1) is 18.8 Å². The van der Waals surface area contributed by atoms with E-state index < -0.39 is 0 Å². The fraction of sp³-hybridized carbons (Fsp3) is 0.632. The van der Waals surface area contributed by atoms with Crippen LogP contribution in [0.4, 0.5) is 0 Å². The molecule has 2 aromatic heterocycles. The summed E-state index contributed by atoms with van der Waals surface area (Å²) in [4.78, 5) is 7.31. The highest BCUT2D eigenvalue weighted by atomic mass is 127. The first kappa shape index (κ1) is 22.7. The summed E-state index contributed by atoms with van der Waals surface area (Å²) in [5.41, 5.74) is 0. The summed E-state index contributed by atoms with van der Waals surface area (Å²) < 4.78 is 7.69. The molecule has 0 bridgehead atoms. The number of hydrogen-bond acceptors (Lipinski definition) is 5. The molecule has 3 heterocycles. The fourth-order valence-electron chi connectivity index (χ4n) is 3.40. The lowest BCUT2D eigenvalue weighted by atomic mass is 10.2. The molecule has 0 spiro atoms. The van der Waals surface area contributed by atoms with Crippen LogP contribution in [0.25, 0.3) is 0 Å². The van der Waals surface area contributed by atoms with Gasteiger partial charge in [0.15, 0.2) is 5.96 Å². The first-order valence-electron chi connectivity index (χ1n) is 9.99. The van der Waals surface area contributed by atoms with Crippen LogP contribution in [0.5, 0.6) is 0 Å². The highest BCUT2D eigenvalue weighted by molar-refractivity contribution is 14.0. The maximum atomic E-state index is 5.68. The molecule has 1 saturated heterocycles. The molecule has 0 saturated carbocycles. The minimum Gasteiger partial charge on any atom is -0.468 e. The zero-order valence-electron chi connectivity index (χ0n) is 16.6. The van der Waals surface area contributed by atoms with Crippen molar-refractivity contribution in [3.05, 3.63) is 36.8 Å². The Labute approximate surface area is 184 Å². The number of aliphatic imine (C=N–C) groups is 1.